The largest absolute Gasteiger partial charge is 0.381 e. The van der Waals surface area contributed by atoms with E-state index in [1.54, 1.807) is 6.07 Å². The topological polar surface area (TPSA) is 44.5 Å². The molecule has 1 aliphatic rings. The Balaban J connectivity index is 2.27. The molecule has 3 nitrogen and oxygen atoms in total. The summed E-state index contributed by atoms with van der Waals surface area (Å²) in [5, 5.41) is 1.06. The Morgan fingerprint density at radius 1 is 1.32 bits per heavy atom. The minimum atomic E-state index is -0.371. The molecule has 1 unspecified atom stereocenters. The molecular weight excluding hydrogens is 285 g/mol. The van der Waals surface area contributed by atoms with Crippen LogP contribution in [0.3, 0.4) is 0 Å². The summed E-state index contributed by atoms with van der Waals surface area (Å²) in [6.07, 6.45) is 1.59. The van der Waals surface area contributed by atoms with Crippen molar-refractivity contribution in [3.8, 4) is 0 Å². The van der Waals surface area contributed by atoms with Crippen molar-refractivity contribution in [2.45, 2.75) is 31.4 Å². The Morgan fingerprint density at radius 3 is 2.58 bits per heavy atom. The van der Waals surface area contributed by atoms with Crippen LogP contribution in [0.2, 0.25) is 10.0 Å². The lowest BCUT2D eigenvalue weighted by Crippen LogP contribution is -2.48. The molecule has 1 aromatic rings. The third-order valence-electron chi connectivity index (χ3n) is 3.64. The van der Waals surface area contributed by atoms with Crippen molar-refractivity contribution in [3.63, 3.8) is 0 Å². The predicted molar refractivity (Wildman–Crippen MR) is 77.8 cm³/mol. The molecule has 0 spiro atoms. The van der Waals surface area contributed by atoms with Crippen LogP contribution in [0.1, 0.15) is 31.4 Å². The van der Waals surface area contributed by atoms with Crippen molar-refractivity contribution in [3.05, 3.63) is 33.8 Å². The fourth-order valence-corrected chi connectivity index (χ4v) is 2.87. The molecule has 5 heteroatoms. The number of hydrogen-bond acceptors (Lipinski definition) is 3. The highest BCUT2D eigenvalue weighted by Gasteiger charge is 2.40. The van der Waals surface area contributed by atoms with Crippen LogP contribution in [-0.2, 0) is 9.47 Å². The number of benzene rings is 1. The second-order valence-electron chi connectivity index (χ2n) is 4.76. The van der Waals surface area contributed by atoms with E-state index < -0.39 is 0 Å². The van der Waals surface area contributed by atoms with Crippen LogP contribution >= 0.6 is 23.2 Å². The first kappa shape index (κ1) is 15.1. The van der Waals surface area contributed by atoms with Gasteiger partial charge < -0.3 is 15.2 Å². The highest BCUT2D eigenvalue weighted by atomic mass is 35.5. The zero-order chi connectivity index (χ0) is 13.9. The average molecular weight is 304 g/mol. The van der Waals surface area contributed by atoms with E-state index in [2.05, 4.69) is 0 Å². The van der Waals surface area contributed by atoms with Gasteiger partial charge in [0.1, 0.15) is 0 Å². The molecule has 2 N–H and O–H groups in total. The van der Waals surface area contributed by atoms with Gasteiger partial charge in [0.15, 0.2) is 0 Å². The number of rotatable bonds is 4. The minimum Gasteiger partial charge on any atom is -0.381 e. The standard InChI is InChI=1S/C14H19Cl2NO2/c1-2-19-14(5-7-18-8-6-14)13(17)10-3-4-11(15)12(16)9-10/h3-4,9,13H,2,5-8,17H2,1H3. The SMILES string of the molecule is CCOC1(C(N)c2ccc(Cl)c(Cl)c2)CCOCC1. The van der Waals surface area contributed by atoms with Gasteiger partial charge in [0.05, 0.1) is 21.7 Å². The summed E-state index contributed by atoms with van der Waals surface area (Å²) < 4.78 is 11.4. The fourth-order valence-electron chi connectivity index (χ4n) is 2.56. The van der Waals surface area contributed by atoms with E-state index in [4.69, 9.17) is 38.4 Å². The van der Waals surface area contributed by atoms with Crippen molar-refractivity contribution < 1.29 is 9.47 Å². The van der Waals surface area contributed by atoms with Crippen molar-refractivity contribution >= 4 is 23.2 Å². The zero-order valence-electron chi connectivity index (χ0n) is 11.0. The quantitative estimate of drug-likeness (QED) is 0.924. The van der Waals surface area contributed by atoms with Gasteiger partial charge in [0, 0.05) is 32.7 Å². The van der Waals surface area contributed by atoms with Gasteiger partial charge in [-0.1, -0.05) is 29.3 Å². The summed E-state index contributed by atoms with van der Waals surface area (Å²) in [6.45, 7) is 3.97. The molecule has 1 fully saturated rings. The van der Waals surface area contributed by atoms with Gasteiger partial charge in [-0.3, -0.25) is 0 Å². The van der Waals surface area contributed by atoms with Gasteiger partial charge >= 0.3 is 0 Å². The molecule has 2 rings (SSSR count). The van der Waals surface area contributed by atoms with E-state index in [0.29, 0.717) is 29.9 Å². The number of halogens is 2. The Morgan fingerprint density at radius 2 is 2.00 bits per heavy atom. The maximum absolute atomic E-state index is 6.43. The van der Waals surface area contributed by atoms with Gasteiger partial charge in [0.25, 0.3) is 0 Å². The Bertz CT molecular complexity index is 428. The van der Waals surface area contributed by atoms with Gasteiger partial charge in [-0.15, -0.1) is 0 Å². The van der Waals surface area contributed by atoms with E-state index >= 15 is 0 Å². The molecular formula is C14H19Cl2NO2. The van der Waals surface area contributed by atoms with Crippen molar-refractivity contribution in [2.75, 3.05) is 19.8 Å². The Labute approximate surface area is 124 Å². The van der Waals surface area contributed by atoms with Crippen molar-refractivity contribution in [1.82, 2.24) is 0 Å². The molecule has 1 atom stereocenters. The highest BCUT2D eigenvalue weighted by Crippen LogP contribution is 2.37. The molecule has 106 valence electrons. The first-order valence-corrected chi connectivity index (χ1v) is 7.27. The summed E-state index contributed by atoms with van der Waals surface area (Å²) in [4.78, 5) is 0. The predicted octanol–water partition coefficient (Wildman–Crippen LogP) is 3.58. The highest BCUT2D eigenvalue weighted by molar-refractivity contribution is 6.42. The fraction of sp³-hybridized carbons (Fsp3) is 0.571. The van der Waals surface area contributed by atoms with E-state index in [0.717, 1.165) is 18.4 Å². The molecule has 1 saturated heterocycles. The normalized spacial score (nSPS) is 20.2. The van der Waals surface area contributed by atoms with Gasteiger partial charge in [-0.2, -0.15) is 0 Å². The average Bonchev–Trinajstić information content (AvgIpc) is 2.42. The van der Waals surface area contributed by atoms with Crippen molar-refractivity contribution in [2.24, 2.45) is 5.73 Å². The van der Waals surface area contributed by atoms with Crippen LogP contribution < -0.4 is 5.73 Å². The van der Waals surface area contributed by atoms with Crippen LogP contribution in [0, 0.1) is 0 Å². The van der Waals surface area contributed by atoms with Gasteiger partial charge in [-0.25, -0.2) is 0 Å². The van der Waals surface area contributed by atoms with Crippen LogP contribution in [-0.4, -0.2) is 25.4 Å². The second-order valence-corrected chi connectivity index (χ2v) is 5.58. The molecule has 0 aromatic heterocycles. The molecule has 0 saturated carbocycles. The molecule has 19 heavy (non-hydrogen) atoms. The molecule has 0 bridgehead atoms. The lowest BCUT2D eigenvalue weighted by atomic mass is 9.82. The minimum absolute atomic E-state index is 0.230. The molecule has 1 aromatic carbocycles. The third kappa shape index (κ3) is 3.23. The maximum Gasteiger partial charge on any atom is 0.0917 e. The second kappa shape index (κ2) is 6.42. The zero-order valence-corrected chi connectivity index (χ0v) is 12.5. The molecule has 1 heterocycles. The van der Waals surface area contributed by atoms with E-state index in [1.165, 1.54) is 0 Å². The van der Waals surface area contributed by atoms with E-state index in [-0.39, 0.29) is 11.6 Å². The number of hydrogen-bond donors (Lipinski definition) is 1. The monoisotopic (exact) mass is 303 g/mol. The summed E-state index contributed by atoms with van der Waals surface area (Å²) >= 11 is 12.0. The first-order chi connectivity index (χ1) is 9.09. The van der Waals surface area contributed by atoms with E-state index in [1.807, 2.05) is 19.1 Å². The summed E-state index contributed by atoms with van der Waals surface area (Å²) in [7, 11) is 0. The third-order valence-corrected chi connectivity index (χ3v) is 4.38. The summed E-state index contributed by atoms with van der Waals surface area (Å²) in [5.41, 5.74) is 7.01. The Kier molecular flexibility index (Phi) is 5.09. The van der Waals surface area contributed by atoms with Crippen LogP contribution in [0.4, 0.5) is 0 Å². The maximum atomic E-state index is 6.43. The summed E-state index contributed by atoms with van der Waals surface area (Å²) in [5.74, 6) is 0. The lowest BCUT2D eigenvalue weighted by Gasteiger charge is -2.41. The Hall–Kier alpha value is -0.320. The smallest absolute Gasteiger partial charge is 0.0917 e. The number of nitrogens with two attached hydrogens (primary N) is 1. The van der Waals surface area contributed by atoms with Crippen LogP contribution in [0.15, 0.2) is 18.2 Å². The van der Waals surface area contributed by atoms with Crippen LogP contribution in [0.5, 0.6) is 0 Å². The number of ether oxygens (including phenoxy) is 2. The summed E-state index contributed by atoms with van der Waals surface area (Å²) in [6, 6.07) is 5.28. The molecule has 0 amide bonds. The molecule has 0 radical (unpaired) electrons. The van der Waals surface area contributed by atoms with Gasteiger partial charge in [0.2, 0.25) is 0 Å². The van der Waals surface area contributed by atoms with Gasteiger partial charge in [-0.05, 0) is 24.6 Å². The van der Waals surface area contributed by atoms with E-state index in [9.17, 15) is 0 Å². The lowest BCUT2D eigenvalue weighted by molar-refractivity contribution is -0.121. The van der Waals surface area contributed by atoms with Crippen LogP contribution in [0.25, 0.3) is 0 Å². The molecule has 0 aliphatic carbocycles. The van der Waals surface area contributed by atoms with Crippen molar-refractivity contribution in [1.29, 1.82) is 0 Å². The molecule has 1 aliphatic heterocycles. The first-order valence-electron chi connectivity index (χ1n) is 6.51.